The molecule has 5 heterocycles. The van der Waals surface area contributed by atoms with Crippen molar-refractivity contribution >= 4 is 58.1 Å². The Balaban J connectivity index is 0.979. The van der Waals surface area contributed by atoms with Crippen LogP contribution in [0.1, 0.15) is 52.5 Å². The first-order valence-electron chi connectivity index (χ1n) is 19.7. The SMILES string of the molecule is CC(C)[C@H](NC(=O)CCN1C(=O)C=CC1=O)C(=O)N[C@@H](C)C(=O)Nc1ccc(C[N+]2(CC(=O)N[C@@H]3[C@@H](O)[C@H](O)[C@@H](Nc4ncnc5nc[nH]c45)O[C@H]3C)CCCC2)cc1. The van der Waals surface area contributed by atoms with Crippen LogP contribution in [-0.2, 0) is 40.0 Å². The molecule has 6 amide bonds. The molecular weight excluding hydrogens is 766 g/mol. The summed E-state index contributed by atoms with van der Waals surface area (Å²) in [5, 5.41) is 36.1. The van der Waals surface area contributed by atoms with E-state index < -0.39 is 72.2 Å². The van der Waals surface area contributed by atoms with Crippen molar-refractivity contribution in [1.82, 2.24) is 40.8 Å². The van der Waals surface area contributed by atoms with Gasteiger partial charge < -0.3 is 51.0 Å². The number of benzene rings is 1. The number of nitrogens with zero attached hydrogens (tertiary/aromatic N) is 5. The van der Waals surface area contributed by atoms with Crippen LogP contribution in [-0.4, -0.2) is 144 Å². The molecule has 0 spiro atoms. The molecule has 6 rings (SSSR count). The Bertz CT molecular complexity index is 2050. The highest BCUT2D eigenvalue weighted by Crippen LogP contribution is 2.27. The minimum absolute atomic E-state index is 0.120. The summed E-state index contributed by atoms with van der Waals surface area (Å²) in [7, 11) is 0. The molecule has 7 atom stereocenters. The number of hydrogen-bond donors (Lipinski definition) is 8. The van der Waals surface area contributed by atoms with Crippen LogP contribution in [0.3, 0.4) is 0 Å². The molecule has 8 N–H and O–H groups in total. The lowest BCUT2D eigenvalue weighted by Gasteiger charge is -2.42. The molecule has 0 saturated carbocycles. The summed E-state index contributed by atoms with van der Waals surface area (Å²) in [6.07, 6.45) is 2.35. The van der Waals surface area contributed by atoms with Gasteiger partial charge in [0.05, 0.1) is 31.6 Å². The number of imidazole rings is 1. The quantitative estimate of drug-likeness (QED) is 0.0666. The van der Waals surface area contributed by atoms with Crippen LogP contribution in [0, 0.1) is 5.92 Å². The number of carbonyl (C=O) groups excluding carboxylic acids is 6. The molecule has 316 valence electrons. The van der Waals surface area contributed by atoms with Crippen LogP contribution in [0.15, 0.2) is 49.1 Å². The van der Waals surface area contributed by atoms with Crippen molar-refractivity contribution in [2.75, 3.05) is 36.8 Å². The molecule has 20 heteroatoms. The van der Waals surface area contributed by atoms with Gasteiger partial charge in [0.25, 0.3) is 17.7 Å². The summed E-state index contributed by atoms with van der Waals surface area (Å²) in [6, 6.07) is 4.46. The molecule has 59 heavy (non-hydrogen) atoms. The summed E-state index contributed by atoms with van der Waals surface area (Å²) in [4.78, 5) is 92.2. The zero-order valence-electron chi connectivity index (χ0n) is 33.4. The van der Waals surface area contributed by atoms with E-state index in [0.29, 0.717) is 33.7 Å². The zero-order chi connectivity index (χ0) is 42.4. The molecule has 3 aromatic rings. The van der Waals surface area contributed by atoms with E-state index in [9.17, 15) is 39.0 Å². The lowest BCUT2D eigenvalue weighted by Crippen LogP contribution is -2.65. The van der Waals surface area contributed by atoms with Crippen LogP contribution >= 0.6 is 0 Å². The normalized spacial score (nSPS) is 23.6. The monoisotopic (exact) mass is 818 g/mol. The topological polar surface area (TPSA) is 270 Å². The molecule has 0 aliphatic carbocycles. The zero-order valence-corrected chi connectivity index (χ0v) is 33.4. The minimum atomic E-state index is -1.39. The second-order valence-electron chi connectivity index (χ2n) is 15.7. The van der Waals surface area contributed by atoms with Gasteiger partial charge in [-0.1, -0.05) is 26.0 Å². The number of likely N-dealkylation sites (tertiary alicyclic amines) is 1. The Kier molecular flexibility index (Phi) is 13.3. The van der Waals surface area contributed by atoms with Crippen molar-refractivity contribution in [3.8, 4) is 0 Å². The van der Waals surface area contributed by atoms with Crippen molar-refractivity contribution in [1.29, 1.82) is 0 Å². The van der Waals surface area contributed by atoms with Gasteiger partial charge in [-0.2, -0.15) is 0 Å². The van der Waals surface area contributed by atoms with E-state index in [1.54, 1.807) is 32.9 Å². The number of fused-ring (bicyclic) bond motifs is 1. The van der Waals surface area contributed by atoms with E-state index in [1.165, 1.54) is 19.6 Å². The minimum Gasteiger partial charge on any atom is -0.388 e. The summed E-state index contributed by atoms with van der Waals surface area (Å²) in [6.45, 7) is 8.84. The average Bonchev–Trinajstić information content (AvgIpc) is 3.95. The number of hydrogen-bond acceptors (Lipinski definition) is 13. The molecule has 3 aliphatic rings. The van der Waals surface area contributed by atoms with Gasteiger partial charge in [0.2, 0.25) is 17.7 Å². The van der Waals surface area contributed by atoms with Crippen molar-refractivity contribution in [2.24, 2.45) is 5.92 Å². The van der Waals surface area contributed by atoms with Gasteiger partial charge in [0.15, 0.2) is 24.2 Å². The van der Waals surface area contributed by atoms with Gasteiger partial charge in [-0.3, -0.25) is 33.7 Å². The van der Waals surface area contributed by atoms with E-state index in [4.69, 9.17) is 4.74 Å². The standard InChI is InChI=1S/C39H51N11O9/c1-21(2)30(46-26(51)13-14-49-28(53)11-12-29(49)54)38(58)44-22(3)37(57)45-25-9-7-24(8-10-25)17-50(15-5-6-16-50)18-27(52)47-31-23(4)59-39(34(56)33(31)55)48-36-32-35(41-19-40-32)42-20-43-36/h7-12,19-23,30-31,33-34,39,55-56H,5-6,13-18H2,1-4H3,(H5-,40,41,42,43,44,45,46,47,48,51,52,53,54,57,58)/p+1/t22-,23-,30-,31-,33+,34-,39-/m0/s1. The number of carbonyl (C=O) groups is 6. The highest BCUT2D eigenvalue weighted by atomic mass is 16.5. The fraction of sp³-hybridized carbons (Fsp3) is 0.513. The second-order valence-corrected chi connectivity index (χ2v) is 15.7. The Morgan fingerprint density at radius 2 is 1.63 bits per heavy atom. The van der Waals surface area contributed by atoms with Crippen LogP contribution in [0.5, 0.6) is 0 Å². The van der Waals surface area contributed by atoms with E-state index in [2.05, 4.69) is 46.5 Å². The molecule has 0 radical (unpaired) electrons. The van der Waals surface area contributed by atoms with Crippen LogP contribution in [0.25, 0.3) is 11.2 Å². The first kappa shape index (κ1) is 42.8. The van der Waals surface area contributed by atoms with E-state index in [0.717, 1.165) is 48.5 Å². The first-order chi connectivity index (χ1) is 28.1. The fourth-order valence-electron chi connectivity index (χ4n) is 7.66. The van der Waals surface area contributed by atoms with Gasteiger partial charge in [-0.25, -0.2) is 15.0 Å². The summed E-state index contributed by atoms with van der Waals surface area (Å²) in [5.41, 5.74) is 2.38. The number of aliphatic hydroxyl groups excluding tert-OH is 2. The summed E-state index contributed by atoms with van der Waals surface area (Å²) in [5.74, 6) is -2.82. The number of quaternary nitrogens is 1. The number of H-pyrrole nitrogens is 1. The van der Waals surface area contributed by atoms with Crippen molar-refractivity contribution < 1.29 is 48.2 Å². The maximum Gasteiger partial charge on any atom is 0.275 e. The van der Waals surface area contributed by atoms with Gasteiger partial charge in [0.1, 0.15) is 42.7 Å². The highest BCUT2D eigenvalue weighted by molar-refractivity contribution is 6.13. The Morgan fingerprint density at radius 1 is 0.932 bits per heavy atom. The predicted octanol–water partition coefficient (Wildman–Crippen LogP) is -0.574. The van der Waals surface area contributed by atoms with Crippen LogP contribution < -0.4 is 26.6 Å². The van der Waals surface area contributed by atoms with Gasteiger partial charge in [0, 0.05) is 49.2 Å². The molecule has 20 nitrogen and oxygen atoms in total. The number of ether oxygens (including phenoxy) is 1. The number of aliphatic hydroxyl groups is 2. The molecule has 1 aromatic carbocycles. The summed E-state index contributed by atoms with van der Waals surface area (Å²) < 4.78 is 6.50. The first-order valence-corrected chi connectivity index (χ1v) is 19.7. The third-order valence-corrected chi connectivity index (χ3v) is 10.9. The average molecular weight is 819 g/mol. The maximum absolute atomic E-state index is 13.6. The number of nitrogens with one attached hydrogen (secondary N) is 6. The number of anilines is 2. The van der Waals surface area contributed by atoms with Crippen molar-refractivity contribution in [2.45, 2.75) is 96.2 Å². The molecular formula is C39H52N11O9+. The highest BCUT2D eigenvalue weighted by Gasteiger charge is 2.45. The molecule has 0 bridgehead atoms. The van der Waals surface area contributed by atoms with E-state index in [-0.39, 0.29) is 31.3 Å². The molecule has 0 unspecified atom stereocenters. The fourth-order valence-corrected chi connectivity index (χ4v) is 7.66. The molecule has 3 aliphatic heterocycles. The lowest BCUT2D eigenvalue weighted by atomic mass is 9.96. The van der Waals surface area contributed by atoms with Crippen LogP contribution in [0.2, 0.25) is 0 Å². The number of aromatic nitrogens is 4. The van der Waals surface area contributed by atoms with Gasteiger partial charge in [-0.05, 0) is 31.9 Å². The lowest BCUT2D eigenvalue weighted by molar-refractivity contribution is -0.922. The van der Waals surface area contributed by atoms with Gasteiger partial charge in [-0.15, -0.1) is 0 Å². The number of imide groups is 1. The van der Waals surface area contributed by atoms with Crippen molar-refractivity contribution in [3.05, 3.63) is 54.6 Å². The number of amides is 6. The Morgan fingerprint density at radius 3 is 2.31 bits per heavy atom. The van der Waals surface area contributed by atoms with E-state index in [1.807, 2.05) is 12.1 Å². The number of rotatable bonds is 16. The van der Waals surface area contributed by atoms with Crippen LogP contribution in [0.4, 0.5) is 11.5 Å². The third-order valence-electron chi connectivity index (χ3n) is 10.9. The molecule has 2 fully saturated rings. The summed E-state index contributed by atoms with van der Waals surface area (Å²) >= 11 is 0. The van der Waals surface area contributed by atoms with Crippen molar-refractivity contribution in [3.63, 3.8) is 0 Å². The Hall–Kier alpha value is -5.83. The molecule has 2 saturated heterocycles. The van der Waals surface area contributed by atoms with E-state index >= 15 is 0 Å². The predicted molar refractivity (Wildman–Crippen MR) is 211 cm³/mol. The smallest absolute Gasteiger partial charge is 0.275 e. The maximum atomic E-state index is 13.6. The number of aromatic amines is 1. The largest absolute Gasteiger partial charge is 0.388 e. The van der Waals surface area contributed by atoms with Gasteiger partial charge >= 0.3 is 0 Å². The second kappa shape index (κ2) is 18.4. The third kappa shape index (κ3) is 10.3. The molecule has 2 aromatic heterocycles. The Labute approximate surface area is 340 Å².